The van der Waals surface area contributed by atoms with E-state index in [2.05, 4.69) is 15.9 Å². The van der Waals surface area contributed by atoms with Crippen LogP contribution in [0.1, 0.15) is 11.6 Å². The van der Waals surface area contributed by atoms with Gasteiger partial charge in [0.1, 0.15) is 18.2 Å². The van der Waals surface area contributed by atoms with E-state index in [-0.39, 0.29) is 11.9 Å². The van der Waals surface area contributed by atoms with Crippen LogP contribution in [-0.2, 0) is 0 Å². The molecule has 1 aromatic rings. The first-order chi connectivity index (χ1) is 5.68. The lowest BCUT2D eigenvalue weighted by atomic mass is 10.1. The van der Waals surface area contributed by atoms with E-state index >= 15 is 0 Å². The Kier molecular flexibility index (Phi) is 1.81. The number of fused-ring (bicyclic) bond motifs is 1. The molecule has 1 heterocycles. The summed E-state index contributed by atoms with van der Waals surface area (Å²) in [5, 5.41) is 0. The summed E-state index contributed by atoms with van der Waals surface area (Å²) >= 11 is 3.07. The number of nitrogens with two attached hydrogens (primary N) is 1. The lowest BCUT2D eigenvalue weighted by Gasteiger charge is -2.01. The molecule has 0 amide bonds. The number of hydrogen-bond acceptors (Lipinski definition) is 2. The summed E-state index contributed by atoms with van der Waals surface area (Å²) in [6.07, 6.45) is 0. The molecule has 2 rings (SSSR count). The first-order valence-corrected chi connectivity index (χ1v) is 4.35. The van der Waals surface area contributed by atoms with Gasteiger partial charge in [0.25, 0.3) is 0 Å². The van der Waals surface area contributed by atoms with E-state index < -0.39 is 0 Å². The third-order valence-corrected chi connectivity index (χ3v) is 2.48. The fourth-order valence-electron chi connectivity index (χ4n) is 1.23. The summed E-state index contributed by atoms with van der Waals surface area (Å²) in [5.41, 5.74) is 6.40. The number of halogens is 2. The zero-order valence-electron chi connectivity index (χ0n) is 6.18. The van der Waals surface area contributed by atoms with Crippen molar-refractivity contribution in [2.75, 3.05) is 6.61 Å². The van der Waals surface area contributed by atoms with Gasteiger partial charge in [0, 0.05) is 5.56 Å². The van der Waals surface area contributed by atoms with Crippen molar-refractivity contribution >= 4 is 15.9 Å². The quantitative estimate of drug-likeness (QED) is 0.742. The van der Waals surface area contributed by atoms with Crippen molar-refractivity contribution in [2.45, 2.75) is 6.04 Å². The SMILES string of the molecule is NC1COc2cc(Br)c(F)cc21. The van der Waals surface area contributed by atoms with Crippen molar-refractivity contribution in [3.8, 4) is 5.75 Å². The number of hydrogen-bond donors (Lipinski definition) is 1. The van der Waals surface area contributed by atoms with E-state index in [0.717, 1.165) is 5.56 Å². The smallest absolute Gasteiger partial charge is 0.137 e. The maximum Gasteiger partial charge on any atom is 0.137 e. The van der Waals surface area contributed by atoms with Crippen LogP contribution in [0, 0.1) is 5.82 Å². The number of rotatable bonds is 0. The fraction of sp³-hybridized carbons (Fsp3) is 0.250. The molecule has 1 atom stereocenters. The summed E-state index contributed by atoms with van der Waals surface area (Å²) in [4.78, 5) is 0. The highest BCUT2D eigenvalue weighted by Gasteiger charge is 2.22. The van der Waals surface area contributed by atoms with Crippen molar-refractivity contribution in [1.29, 1.82) is 0 Å². The Labute approximate surface area is 77.6 Å². The highest BCUT2D eigenvalue weighted by Crippen LogP contribution is 2.34. The highest BCUT2D eigenvalue weighted by molar-refractivity contribution is 9.10. The number of ether oxygens (including phenoxy) is 1. The second kappa shape index (κ2) is 2.71. The van der Waals surface area contributed by atoms with E-state index in [1.165, 1.54) is 6.07 Å². The molecule has 0 aromatic heterocycles. The average Bonchev–Trinajstić information content (AvgIpc) is 2.35. The van der Waals surface area contributed by atoms with Gasteiger partial charge in [-0.2, -0.15) is 0 Å². The van der Waals surface area contributed by atoms with Crippen LogP contribution >= 0.6 is 15.9 Å². The summed E-state index contributed by atoms with van der Waals surface area (Å²) in [5.74, 6) is 0.380. The molecule has 0 spiro atoms. The Morgan fingerprint density at radius 2 is 2.33 bits per heavy atom. The van der Waals surface area contributed by atoms with Crippen LogP contribution in [0.4, 0.5) is 4.39 Å². The van der Waals surface area contributed by atoms with Gasteiger partial charge in [0.15, 0.2) is 0 Å². The van der Waals surface area contributed by atoms with Crippen molar-refractivity contribution in [3.63, 3.8) is 0 Å². The van der Waals surface area contributed by atoms with E-state index in [0.29, 0.717) is 16.8 Å². The predicted octanol–water partition coefficient (Wildman–Crippen LogP) is 1.98. The van der Waals surface area contributed by atoms with Crippen LogP contribution in [0.15, 0.2) is 16.6 Å². The normalized spacial score (nSPS) is 20.4. The maximum atomic E-state index is 13.0. The van der Waals surface area contributed by atoms with Crippen LogP contribution in [0.5, 0.6) is 5.75 Å². The van der Waals surface area contributed by atoms with Gasteiger partial charge in [-0.25, -0.2) is 4.39 Å². The molecule has 2 N–H and O–H groups in total. The van der Waals surface area contributed by atoms with Crippen LogP contribution in [0.25, 0.3) is 0 Å². The molecule has 12 heavy (non-hydrogen) atoms. The summed E-state index contributed by atoms with van der Waals surface area (Å²) < 4.78 is 18.6. The molecule has 1 unspecified atom stereocenters. The molecular formula is C8H7BrFNO. The van der Waals surface area contributed by atoms with Gasteiger partial charge in [0.05, 0.1) is 10.5 Å². The summed E-state index contributed by atoms with van der Waals surface area (Å²) in [6, 6.07) is 2.83. The lowest BCUT2D eigenvalue weighted by Crippen LogP contribution is -2.10. The molecule has 0 aliphatic carbocycles. The fourth-order valence-corrected chi connectivity index (χ4v) is 1.55. The van der Waals surface area contributed by atoms with Gasteiger partial charge in [-0.1, -0.05) is 0 Å². The van der Waals surface area contributed by atoms with Crippen molar-refractivity contribution in [3.05, 3.63) is 28.0 Å². The lowest BCUT2D eigenvalue weighted by molar-refractivity contribution is 0.333. The van der Waals surface area contributed by atoms with Gasteiger partial charge < -0.3 is 10.5 Å². The van der Waals surface area contributed by atoms with Crippen LogP contribution < -0.4 is 10.5 Å². The Bertz CT molecular complexity index is 329. The third kappa shape index (κ3) is 1.11. The highest BCUT2D eigenvalue weighted by atomic mass is 79.9. The van der Waals surface area contributed by atoms with E-state index in [1.54, 1.807) is 6.07 Å². The minimum Gasteiger partial charge on any atom is -0.491 e. The summed E-state index contributed by atoms with van der Waals surface area (Å²) in [6.45, 7) is 0.436. The van der Waals surface area contributed by atoms with Gasteiger partial charge in [-0.3, -0.25) is 0 Å². The molecule has 0 bridgehead atoms. The molecule has 1 aliphatic rings. The third-order valence-electron chi connectivity index (χ3n) is 1.87. The molecule has 0 saturated heterocycles. The Balaban J connectivity index is 2.56. The minimum absolute atomic E-state index is 0.192. The van der Waals surface area contributed by atoms with Crippen LogP contribution in [0.2, 0.25) is 0 Å². The number of benzene rings is 1. The molecule has 0 saturated carbocycles. The van der Waals surface area contributed by atoms with E-state index in [1.807, 2.05) is 0 Å². The Hall–Kier alpha value is -0.610. The Morgan fingerprint density at radius 3 is 3.08 bits per heavy atom. The molecule has 4 heteroatoms. The van der Waals surface area contributed by atoms with Crippen molar-refractivity contribution in [2.24, 2.45) is 5.73 Å². The summed E-state index contributed by atoms with van der Waals surface area (Å²) in [7, 11) is 0. The molecule has 0 radical (unpaired) electrons. The molecule has 2 nitrogen and oxygen atoms in total. The Morgan fingerprint density at radius 1 is 1.58 bits per heavy atom. The maximum absolute atomic E-state index is 13.0. The first kappa shape index (κ1) is 8.01. The van der Waals surface area contributed by atoms with Gasteiger partial charge in [-0.15, -0.1) is 0 Å². The van der Waals surface area contributed by atoms with Gasteiger partial charge >= 0.3 is 0 Å². The van der Waals surface area contributed by atoms with Gasteiger partial charge in [-0.05, 0) is 28.1 Å². The predicted molar refractivity (Wildman–Crippen MR) is 46.5 cm³/mol. The average molecular weight is 232 g/mol. The van der Waals surface area contributed by atoms with E-state index in [4.69, 9.17) is 10.5 Å². The topological polar surface area (TPSA) is 35.2 Å². The standard InChI is InChI=1S/C8H7BrFNO/c9-5-2-8-4(1-6(5)10)7(11)3-12-8/h1-2,7H,3,11H2. The zero-order chi connectivity index (χ0) is 8.72. The molecule has 1 aromatic carbocycles. The molecular weight excluding hydrogens is 225 g/mol. The van der Waals surface area contributed by atoms with E-state index in [9.17, 15) is 4.39 Å². The monoisotopic (exact) mass is 231 g/mol. The van der Waals surface area contributed by atoms with Crippen LogP contribution in [0.3, 0.4) is 0 Å². The second-order valence-electron chi connectivity index (χ2n) is 2.72. The molecule has 1 aliphatic heterocycles. The van der Waals surface area contributed by atoms with Crippen molar-refractivity contribution in [1.82, 2.24) is 0 Å². The molecule has 64 valence electrons. The second-order valence-corrected chi connectivity index (χ2v) is 3.58. The zero-order valence-corrected chi connectivity index (χ0v) is 7.77. The molecule has 0 fully saturated rings. The van der Waals surface area contributed by atoms with Crippen LogP contribution in [-0.4, -0.2) is 6.61 Å². The minimum atomic E-state index is -0.297. The van der Waals surface area contributed by atoms with Crippen molar-refractivity contribution < 1.29 is 9.13 Å². The largest absolute Gasteiger partial charge is 0.491 e. The van der Waals surface area contributed by atoms with Gasteiger partial charge in [0.2, 0.25) is 0 Å². The first-order valence-electron chi connectivity index (χ1n) is 3.56.